The van der Waals surface area contributed by atoms with Crippen LogP contribution in [0.1, 0.15) is 11.1 Å². The molecule has 0 nitrogen and oxygen atoms in total. The standard InChI is InChI=1S/C10H6BrF3/c1-2-3-7-4-5-8(6-9(7)11)10(12,13)14/h1,4-6H,3H2. The van der Waals surface area contributed by atoms with E-state index < -0.39 is 11.7 Å². The van der Waals surface area contributed by atoms with E-state index in [9.17, 15) is 13.2 Å². The maximum atomic E-state index is 12.2. The normalized spacial score (nSPS) is 11.1. The summed E-state index contributed by atoms with van der Waals surface area (Å²) >= 11 is 3.05. The van der Waals surface area contributed by atoms with Gasteiger partial charge in [0.05, 0.1) is 5.56 Å². The molecule has 14 heavy (non-hydrogen) atoms. The molecule has 0 spiro atoms. The van der Waals surface area contributed by atoms with E-state index in [1.807, 2.05) is 0 Å². The Hall–Kier alpha value is -0.950. The summed E-state index contributed by atoms with van der Waals surface area (Å²) in [5, 5.41) is 0. The molecule has 4 heteroatoms. The van der Waals surface area contributed by atoms with Crippen LogP contribution in [0.3, 0.4) is 0 Å². The highest BCUT2D eigenvalue weighted by atomic mass is 79.9. The molecule has 0 amide bonds. The Labute approximate surface area is 88.3 Å². The lowest BCUT2D eigenvalue weighted by Gasteiger charge is -2.08. The van der Waals surface area contributed by atoms with Crippen LogP contribution in [-0.4, -0.2) is 0 Å². The molecular weight excluding hydrogens is 257 g/mol. The number of hydrogen-bond donors (Lipinski definition) is 0. The van der Waals surface area contributed by atoms with E-state index in [4.69, 9.17) is 6.42 Å². The fourth-order valence-electron chi connectivity index (χ4n) is 0.977. The number of terminal acetylenes is 1. The zero-order valence-corrected chi connectivity index (χ0v) is 8.61. The van der Waals surface area contributed by atoms with Gasteiger partial charge in [-0.15, -0.1) is 12.3 Å². The monoisotopic (exact) mass is 262 g/mol. The molecule has 1 aromatic carbocycles. The van der Waals surface area contributed by atoms with Crippen molar-refractivity contribution in [2.24, 2.45) is 0 Å². The Morgan fingerprint density at radius 3 is 2.43 bits per heavy atom. The number of rotatable bonds is 1. The van der Waals surface area contributed by atoms with Gasteiger partial charge in [-0.05, 0) is 17.7 Å². The van der Waals surface area contributed by atoms with Gasteiger partial charge in [-0.2, -0.15) is 13.2 Å². The van der Waals surface area contributed by atoms with Gasteiger partial charge in [0, 0.05) is 10.9 Å². The Morgan fingerprint density at radius 2 is 2.00 bits per heavy atom. The van der Waals surface area contributed by atoms with Crippen molar-refractivity contribution in [3.63, 3.8) is 0 Å². The van der Waals surface area contributed by atoms with E-state index in [2.05, 4.69) is 21.9 Å². The Morgan fingerprint density at radius 1 is 1.36 bits per heavy atom. The summed E-state index contributed by atoms with van der Waals surface area (Å²) in [4.78, 5) is 0. The molecule has 0 heterocycles. The summed E-state index contributed by atoms with van der Waals surface area (Å²) in [7, 11) is 0. The molecule has 0 saturated heterocycles. The second-order valence-corrected chi connectivity index (χ2v) is 3.54. The molecule has 0 N–H and O–H groups in total. The first kappa shape index (κ1) is 11.1. The third-order valence-electron chi connectivity index (χ3n) is 1.67. The first-order valence-electron chi connectivity index (χ1n) is 3.74. The van der Waals surface area contributed by atoms with E-state index >= 15 is 0 Å². The van der Waals surface area contributed by atoms with Crippen molar-refractivity contribution in [2.75, 3.05) is 0 Å². The van der Waals surface area contributed by atoms with Gasteiger partial charge in [0.2, 0.25) is 0 Å². The molecule has 0 saturated carbocycles. The van der Waals surface area contributed by atoms with Crippen LogP contribution in [0.25, 0.3) is 0 Å². The van der Waals surface area contributed by atoms with Crippen LogP contribution in [-0.2, 0) is 12.6 Å². The summed E-state index contributed by atoms with van der Waals surface area (Å²) in [5.41, 5.74) is 0.00523. The van der Waals surface area contributed by atoms with Crippen molar-refractivity contribution in [1.29, 1.82) is 0 Å². The molecular formula is C10H6BrF3. The van der Waals surface area contributed by atoms with E-state index in [1.54, 1.807) is 0 Å². The Kier molecular flexibility index (Phi) is 3.22. The lowest BCUT2D eigenvalue weighted by atomic mass is 10.1. The predicted octanol–water partition coefficient (Wildman–Crippen LogP) is 3.64. The SMILES string of the molecule is C#CCc1ccc(C(F)(F)F)cc1Br. The zero-order valence-electron chi connectivity index (χ0n) is 7.03. The maximum absolute atomic E-state index is 12.2. The predicted molar refractivity (Wildman–Crippen MR) is 51.7 cm³/mol. The number of benzene rings is 1. The fraction of sp³-hybridized carbons (Fsp3) is 0.200. The Bertz CT molecular complexity index is 374. The number of halogens is 4. The van der Waals surface area contributed by atoms with E-state index in [0.29, 0.717) is 16.5 Å². The van der Waals surface area contributed by atoms with Gasteiger partial charge in [0.15, 0.2) is 0 Å². The summed E-state index contributed by atoms with van der Waals surface area (Å²) in [5.74, 6) is 2.37. The minimum atomic E-state index is -4.31. The highest BCUT2D eigenvalue weighted by molar-refractivity contribution is 9.10. The van der Waals surface area contributed by atoms with Gasteiger partial charge in [-0.1, -0.05) is 22.0 Å². The van der Waals surface area contributed by atoms with Gasteiger partial charge in [0.1, 0.15) is 0 Å². The number of alkyl halides is 3. The largest absolute Gasteiger partial charge is 0.416 e. The molecule has 0 fully saturated rings. The topological polar surface area (TPSA) is 0 Å². The zero-order chi connectivity index (χ0) is 10.8. The third kappa shape index (κ3) is 2.52. The first-order chi connectivity index (χ1) is 6.45. The van der Waals surface area contributed by atoms with Crippen molar-refractivity contribution in [3.8, 4) is 12.3 Å². The third-order valence-corrected chi connectivity index (χ3v) is 2.41. The average Bonchev–Trinajstić information content (AvgIpc) is 2.07. The van der Waals surface area contributed by atoms with Crippen molar-refractivity contribution < 1.29 is 13.2 Å². The van der Waals surface area contributed by atoms with E-state index in [-0.39, 0.29) is 0 Å². The molecule has 0 aliphatic carbocycles. The van der Waals surface area contributed by atoms with E-state index in [0.717, 1.165) is 12.1 Å². The minimum absolute atomic E-state index is 0.318. The fourth-order valence-corrected chi connectivity index (χ4v) is 1.50. The molecule has 0 unspecified atom stereocenters. The lowest BCUT2D eigenvalue weighted by molar-refractivity contribution is -0.137. The molecule has 0 aliphatic heterocycles. The van der Waals surface area contributed by atoms with Crippen LogP contribution in [0.4, 0.5) is 13.2 Å². The van der Waals surface area contributed by atoms with Crippen LogP contribution in [0.15, 0.2) is 22.7 Å². The summed E-state index contributed by atoms with van der Waals surface area (Å²) in [6, 6.07) is 3.44. The quantitative estimate of drug-likeness (QED) is 0.678. The smallest absolute Gasteiger partial charge is 0.166 e. The molecule has 1 aromatic rings. The molecule has 0 aromatic heterocycles. The van der Waals surface area contributed by atoms with Crippen molar-refractivity contribution in [2.45, 2.75) is 12.6 Å². The molecule has 1 rings (SSSR count). The van der Waals surface area contributed by atoms with Crippen molar-refractivity contribution in [3.05, 3.63) is 33.8 Å². The number of hydrogen-bond acceptors (Lipinski definition) is 0. The van der Waals surface area contributed by atoms with Gasteiger partial charge < -0.3 is 0 Å². The van der Waals surface area contributed by atoms with Gasteiger partial charge in [-0.3, -0.25) is 0 Å². The lowest BCUT2D eigenvalue weighted by Crippen LogP contribution is -2.05. The maximum Gasteiger partial charge on any atom is 0.416 e. The summed E-state index contributed by atoms with van der Waals surface area (Å²) < 4.78 is 37.1. The highest BCUT2D eigenvalue weighted by Crippen LogP contribution is 2.32. The van der Waals surface area contributed by atoms with Crippen molar-refractivity contribution in [1.82, 2.24) is 0 Å². The van der Waals surface area contributed by atoms with Crippen LogP contribution in [0, 0.1) is 12.3 Å². The minimum Gasteiger partial charge on any atom is -0.166 e. The second-order valence-electron chi connectivity index (χ2n) is 2.68. The second kappa shape index (κ2) is 4.05. The molecule has 0 bridgehead atoms. The highest BCUT2D eigenvalue weighted by Gasteiger charge is 2.30. The molecule has 0 aliphatic rings. The molecule has 74 valence electrons. The first-order valence-corrected chi connectivity index (χ1v) is 4.53. The molecule has 0 atom stereocenters. The van der Waals surface area contributed by atoms with E-state index in [1.165, 1.54) is 6.07 Å². The summed E-state index contributed by atoms with van der Waals surface area (Å²) in [6.45, 7) is 0. The van der Waals surface area contributed by atoms with Gasteiger partial charge in [0.25, 0.3) is 0 Å². The average molecular weight is 263 g/mol. The van der Waals surface area contributed by atoms with Crippen LogP contribution in [0.5, 0.6) is 0 Å². The molecule has 0 radical (unpaired) electrons. The summed E-state index contributed by atoms with van der Waals surface area (Å²) in [6.07, 6.45) is 1.07. The van der Waals surface area contributed by atoms with Crippen LogP contribution in [0.2, 0.25) is 0 Å². The van der Waals surface area contributed by atoms with Crippen LogP contribution >= 0.6 is 15.9 Å². The van der Waals surface area contributed by atoms with Crippen molar-refractivity contribution >= 4 is 15.9 Å². The Balaban J connectivity index is 3.08. The van der Waals surface area contributed by atoms with Gasteiger partial charge >= 0.3 is 6.18 Å². The van der Waals surface area contributed by atoms with Gasteiger partial charge in [-0.25, -0.2) is 0 Å². The van der Waals surface area contributed by atoms with Crippen LogP contribution < -0.4 is 0 Å².